The Kier molecular flexibility index (Phi) is 8.35. The van der Waals surface area contributed by atoms with E-state index >= 15 is 0 Å². The molecule has 2 N–H and O–H groups in total. The van der Waals surface area contributed by atoms with Crippen LogP contribution in [0.25, 0.3) is 17.2 Å². The smallest absolute Gasteiger partial charge is 0.248 e. The highest BCUT2D eigenvalue weighted by atomic mass is 32.2. The van der Waals surface area contributed by atoms with Crippen molar-refractivity contribution < 1.29 is 9.59 Å². The minimum absolute atomic E-state index is 0.175. The maximum Gasteiger partial charge on any atom is 0.248 e. The zero-order valence-electron chi connectivity index (χ0n) is 19.5. The second kappa shape index (κ2) is 12.0. The Morgan fingerprint density at radius 2 is 1.78 bits per heavy atom. The van der Waals surface area contributed by atoms with Gasteiger partial charge in [0, 0.05) is 27.6 Å². The molecule has 1 aromatic heterocycles. The van der Waals surface area contributed by atoms with Gasteiger partial charge in [0.15, 0.2) is 0 Å². The van der Waals surface area contributed by atoms with Gasteiger partial charge in [0.25, 0.3) is 0 Å². The predicted molar refractivity (Wildman–Crippen MR) is 149 cm³/mol. The van der Waals surface area contributed by atoms with E-state index in [-0.39, 0.29) is 17.6 Å². The maximum absolute atomic E-state index is 12.6. The van der Waals surface area contributed by atoms with Crippen LogP contribution in [0.15, 0.2) is 95.2 Å². The van der Waals surface area contributed by atoms with Crippen molar-refractivity contribution in [3.63, 3.8) is 0 Å². The highest BCUT2D eigenvalue weighted by Gasteiger charge is 2.15. The summed E-state index contributed by atoms with van der Waals surface area (Å²) in [5.74, 6) is -0.257. The minimum atomic E-state index is -0.232. The Morgan fingerprint density at radius 1 is 1.00 bits per heavy atom. The molecule has 5 nitrogen and oxygen atoms in total. The number of carbonyl (C=O) groups is 2. The third-order valence-electron chi connectivity index (χ3n) is 5.22. The fourth-order valence-electron chi connectivity index (χ4n) is 3.40. The van der Waals surface area contributed by atoms with Gasteiger partial charge in [0.2, 0.25) is 11.8 Å². The van der Waals surface area contributed by atoms with Crippen molar-refractivity contribution in [2.45, 2.75) is 11.8 Å². The van der Waals surface area contributed by atoms with E-state index < -0.39 is 0 Å². The van der Waals surface area contributed by atoms with Crippen molar-refractivity contribution >= 4 is 51.7 Å². The number of hydrogen-bond donors (Lipinski definition) is 2. The van der Waals surface area contributed by atoms with E-state index in [9.17, 15) is 14.9 Å². The van der Waals surface area contributed by atoms with Crippen LogP contribution in [0.4, 0.5) is 10.7 Å². The van der Waals surface area contributed by atoms with Crippen molar-refractivity contribution in [3.05, 3.63) is 107 Å². The van der Waals surface area contributed by atoms with Crippen LogP contribution in [0.2, 0.25) is 0 Å². The van der Waals surface area contributed by atoms with Gasteiger partial charge in [-0.05, 0) is 42.3 Å². The van der Waals surface area contributed by atoms with Crippen LogP contribution in [-0.2, 0) is 9.59 Å². The van der Waals surface area contributed by atoms with E-state index in [1.807, 2.05) is 85.1 Å². The molecule has 0 fully saturated rings. The molecule has 0 unspecified atom stereocenters. The number of nitrogens with zero attached hydrogens (tertiary/aromatic N) is 1. The lowest BCUT2D eigenvalue weighted by Crippen LogP contribution is -2.14. The lowest BCUT2D eigenvalue weighted by Gasteiger charge is -2.07. The number of thiophene rings is 1. The largest absolute Gasteiger partial charge is 0.322 e. The number of thioether (sulfide) groups is 1. The van der Waals surface area contributed by atoms with Crippen LogP contribution >= 0.6 is 23.1 Å². The molecule has 0 aliphatic heterocycles. The Balaban J connectivity index is 1.34. The van der Waals surface area contributed by atoms with Gasteiger partial charge in [-0.2, -0.15) is 5.26 Å². The monoisotopic (exact) mass is 509 g/mol. The number of aryl methyl sites for hydroxylation is 1. The van der Waals surface area contributed by atoms with E-state index in [0.717, 1.165) is 27.1 Å². The first-order valence-electron chi connectivity index (χ1n) is 11.2. The van der Waals surface area contributed by atoms with Crippen LogP contribution in [-0.4, -0.2) is 17.6 Å². The first-order valence-corrected chi connectivity index (χ1v) is 13.0. The standard InChI is InChI=1S/C29H23N3O2S2/c1-20-10-13-22(14-11-20)26-18-36-29(25(26)17-30)32-28(34)19-35-24-9-5-8-23(16-24)31-27(33)15-12-21-6-3-2-4-7-21/h2-16,18H,19H2,1H3,(H,31,33)(H,32,34)/b15-12+. The van der Waals surface area contributed by atoms with E-state index in [1.54, 1.807) is 12.1 Å². The third-order valence-corrected chi connectivity index (χ3v) is 7.11. The number of benzene rings is 3. The Bertz CT molecular complexity index is 1440. The summed E-state index contributed by atoms with van der Waals surface area (Å²) in [6.07, 6.45) is 3.24. The first kappa shape index (κ1) is 25.0. The summed E-state index contributed by atoms with van der Waals surface area (Å²) in [7, 11) is 0. The molecule has 178 valence electrons. The van der Waals surface area contributed by atoms with Gasteiger partial charge in [-0.3, -0.25) is 9.59 Å². The molecule has 1 heterocycles. The number of hydrogen-bond acceptors (Lipinski definition) is 5. The Labute approximate surface area is 218 Å². The summed E-state index contributed by atoms with van der Waals surface area (Å²) in [5.41, 5.74) is 4.96. The summed E-state index contributed by atoms with van der Waals surface area (Å²) in [5, 5.41) is 17.8. The van der Waals surface area contributed by atoms with E-state index in [0.29, 0.717) is 16.3 Å². The fourth-order valence-corrected chi connectivity index (χ4v) is 5.09. The topological polar surface area (TPSA) is 82.0 Å². The molecule has 0 saturated carbocycles. The number of amides is 2. The third kappa shape index (κ3) is 6.72. The van der Waals surface area contributed by atoms with Gasteiger partial charge in [-0.1, -0.05) is 66.2 Å². The van der Waals surface area contributed by atoms with Crippen molar-refractivity contribution in [1.82, 2.24) is 0 Å². The highest BCUT2D eigenvalue weighted by molar-refractivity contribution is 8.00. The number of nitrogens with one attached hydrogen (secondary N) is 2. The molecular weight excluding hydrogens is 486 g/mol. The van der Waals surface area contributed by atoms with Gasteiger partial charge in [-0.25, -0.2) is 0 Å². The Hall–Kier alpha value is -4.12. The quantitative estimate of drug-likeness (QED) is 0.198. The Morgan fingerprint density at radius 3 is 2.53 bits per heavy atom. The second-order valence-corrected chi connectivity index (χ2v) is 9.86. The van der Waals surface area contributed by atoms with Gasteiger partial charge < -0.3 is 10.6 Å². The van der Waals surface area contributed by atoms with Gasteiger partial charge in [0.1, 0.15) is 11.1 Å². The predicted octanol–water partition coefficient (Wildman–Crippen LogP) is 6.98. The SMILES string of the molecule is Cc1ccc(-c2csc(NC(=O)CSc3cccc(NC(=O)/C=C/c4ccccc4)c3)c2C#N)cc1. The van der Waals surface area contributed by atoms with E-state index in [1.165, 1.54) is 29.2 Å². The molecular formula is C29H23N3O2S2. The molecule has 36 heavy (non-hydrogen) atoms. The van der Waals surface area contributed by atoms with Crippen LogP contribution < -0.4 is 10.6 Å². The summed E-state index contributed by atoms with van der Waals surface area (Å²) < 4.78 is 0. The molecule has 0 spiro atoms. The van der Waals surface area contributed by atoms with Gasteiger partial charge in [0.05, 0.1) is 11.3 Å². The first-order chi connectivity index (χ1) is 17.5. The van der Waals surface area contributed by atoms with Crippen molar-refractivity contribution in [3.8, 4) is 17.2 Å². The van der Waals surface area contributed by atoms with Crippen LogP contribution in [0, 0.1) is 18.3 Å². The lowest BCUT2D eigenvalue weighted by molar-refractivity contribution is -0.114. The zero-order chi connectivity index (χ0) is 25.3. The molecule has 3 aromatic carbocycles. The number of nitriles is 1. The summed E-state index contributed by atoms with van der Waals surface area (Å²) >= 11 is 2.70. The average molecular weight is 510 g/mol. The molecule has 0 bridgehead atoms. The molecule has 0 atom stereocenters. The van der Waals surface area contributed by atoms with Crippen LogP contribution in [0.1, 0.15) is 16.7 Å². The fraction of sp³-hybridized carbons (Fsp3) is 0.0690. The average Bonchev–Trinajstić information content (AvgIpc) is 3.30. The van der Waals surface area contributed by atoms with Gasteiger partial charge >= 0.3 is 0 Å². The maximum atomic E-state index is 12.6. The van der Waals surface area contributed by atoms with E-state index in [4.69, 9.17) is 0 Å². The molecule has 4 aromatic rings. The van der Waals surface area contributed by atoms with Gasteiger partial charge in [-0.15, -0.1) is 23.1 Å². The number of anilines is 2. The molecule has 4 rings (SSSR count). The van der Waals surface area contributed by atoms with Crippen molar-refractivity contribution in [2.75, 3.05) is 16.4 Å². The van der Waals surface area contributed by atoms with Crippen LogP contribution in [0.5, 0.6) is 0 Å². The number of rotatable bonds is 8. The minimum Gasteiger partial charge on any atom is -0.322 e. The molecule has 7 heteroatoms. The zero-order valence-corrected chi connectivity index (χ0v) is 21.2. The van der Waals surface area contributed by atoms with E-state index in [2.05, 4.69) is 16.7 Å². The van der Waals surface area contributed by atoms with Crippen LogP contribution in [0.3, 0.4) is 0 Å². The highest BCUT2D eigenvalue weighted by Crippen LogP contribution is 2.35. The summed E-state index contributed by atoms with van der Waals surface area (Å²) in [6.45, 7) is 2.01. The molecule has 0 aliphatic carbocycles. The van der Waals surface area contributed by atoms with Crippen molar-refractivity contribution in [2.24, 2.45) is 0 Å². The van der Waals surface area contributed by atoms with Crippen molar-refractivity contribution in [1.29, 1.82) is 5.26 Å². The number of carbonyl (C=O) groups excluding carboxylic acids is 2. The summed E-state index contributed by atoms with van der Waals surface area (Å²) in [4.78, 5) is 25.7. The molecule has 2 amide bonds. The molecule has 0 aliphatic rings. The summed E-state index contributed by atoms with van der Waals surface area (Å²) in [6, 6.07) is 27.1. The molecule has 0 radical (unpaired) electrons. The molecule has 0 saturated heterocycles. The lowest BCUT2D eigenvalue weighted by atomic mass is 10.0. The normalized spacial score (nSPS) is 10.7. The second-order valence-electron chi connectivity index (χ2n) is 7.93.